The van der Waals surface area contributed by atoms with Gasteiger partial charge in [-0.15, -0.1) is 5.10 Å². The average Bonchev–Trinajstić information content (AvgIpc) is 2.81. The first kappa shape index (κ1) is 12.8. The van der Waals surface area contributed by atoms with Crippen molar-refractivity contribution >= 4 is 11.8 Å². The lowest BCUT2D eigenvalue weighted by Gasteiger charge is -2.08. The minimum absolute atomic E-state index is 0.476. The van der Waals surface area contributed by atoms with Gasteiger partial charge in [0.2, 0.25) is 5.16 Å². The Morgan fingerprint density at radius 2 is 2.28 bits per heavy atom. The number of nitrogens with two attached hydrogens (primary N) is 1. The minimum atomic E-state index is 0.476. The van der Waals surface area contributed by atoms with E-state index in [-0.39, 0.29) is 0 Å². The van der Waals surface area contributed by atoms with Gasteiger partial charge in [-0.1, -0.05) is 23.9 Å². The van der Waals surface area contributed by atoms with E-state index in [4.69, 9.17) is 10.5 Å². The van der Waals surface area contributed by atoms with Gasteiger partial charge in [0.25, 0.3) is 0 Å². The first-order valence-corrected chi connectivity index (χ1v) is 6.44. The Kier molecular flexibility index (Phi) is 4.16. The van der Waals surface area contributed by atoms with E-state index in [1.807, 2.05) is 25.2 Å². The van der Waals surface area contributed by atoms with E-state index in [0.29, 0.717) is 6.54 Å². The zero-order valence-corrected chi connectivity index (χ0v) is 11.1. The second kappa shape index (κ2) is 5.83. The van der Waals surface area contributed by atoms with E-state index >= 15 is 0 Å². The van der Waals surface area contributed by atoms with E-state index in [0.717, 1.165) is 27.8 Å². The van der Waals surface area contributed by atoms with E-state index < -0.39 is 0 Å². The Labute approximate surface area is 110 Å². The molecule has 1 aromatic heterocycles. The van der Waals surface area contributed by atoms with Crippen molar-refractivity contribution in [3.8, 4) is 5.75 Å². The molecule has 0 fully saturated rings. The number of hydrogen-bond acceptors (Lipinski definition) is 6. The largest absolute Gasteiger partial charge is 0.496 e. The quantitative estimate of drug-likeness (QED) is 0.812. The van der Waals surface area contributed by atoms with Crippen LogP contribution in [0.25, 0.3) is 0 Å². The monoisotopic (exact) mass is 265 g/mol. The maximum Gasteiger partial charge on any atom is 0.209 e. The smallest absolute Gasteiger partial charge is 0.209 e. The summed E-state index contributed by atoms with van der Waals surface area (Å²) in [6.07, 6.45) is 0. The van der Waals surface area contributed by atoms with Gasteiger partial charge in [0.1, 0.15) is 5.75 Å². The van der Waals surface area contributed by atoms with Gasteiger partial charge in [-0.05, 0) is 22.1 Å². The van der Waals surface area contributed by atoms with E-state index in [1.165, 1.54) is 0 Å². The maximum absolute atomic E-state index is 5.63. The van der Waals surface area contributed by atoms with Crippen LogP contribution in [-0.4, -0.2) is 27.3 Å². The fraction of sp³-hybridized carbons (Fsp3) is 0.364. The molecule has 6 nitrogen and oxygen atoms in total. The summed E-state index contributed by atoms with van der Waals surface area (Å²) in [6, 6.07) is 6.03. The summed E-state index contributed by atoms with van der Waals surface area (Å²) in [5.41, 5.74) is 7.79. The molecule has 1 heterocycles. The molecule has 0 saturated heterocycles. The zero-order chi connectivity index (χ0) is 13.0. The van der Waals surface area contributed by atoms with Crippen molar-refractivity contribution in [2.24, 2.45) is 12.8 Å². The lowest BCUT2D eigenvalue weighted by molar-refractivity contribution is 0.409. The fourth-order valence-corrected chi connectivity index (χ4v) is 2.33. The van der Waals surface area contributed by atoms with Crippen molar-refractivity contribution in [1.82, 2.24) is 20.2 Å². The second-order valence-corrected chi connectivity index (χ2v) is 4.67. The number of tetrazole rings is 1. The summed E-state index contributed by atoms with van der Waals surface area (Å²) in [5, 5.41) is 12.1. The number of benzene rings is 1. The van der Waals surface area contributed by atoms with Gasteiger partial charge < -0.3 is 10.5 Å². The molecule has 0 saturated carbocycles. The minimum Gasteiger partial charge on any atom is -0.496 e. The predicted octanol–water partition coefficient (Wildman–Crippen LogP) is 0.970. The summed E-state index contributed by atoms with van der Waals surface area (Å²) in [5.74, 6) is 1.61. The zero-order valence-electron chi connectivity index (χ0n) is 10.3. The van der Waals surface area contributed by atoms with Crippen molar-refractivity contribution in [2.45, 2.75) is 17.5 Å². The summed E-state index contributed by atoms with van der Waals surface area (Å²) in [6.45, 7) is 0.476. The molecule has 0 amide bonds. The van der Waals surface area contributed by atoms with Crippen LogP contribution in [0.2, 0.25) is 0 Å². The Morgan fingerprint density at radius 1 is 1.44 bits per heavy atom. The summed E-state index contributed by atoms with van der Waals surface area (Å²) in [7, 11) is 3.47. The number of methoxy groups -OCH3 is 1. The van der Waals surface area contributed by atoms with Gasteiger partial charge in [0, 0.05) is 24.9 Å². The first-order valence-electron chi connectivity index (χ1n) is 5.45. The molecule has 1 aromatic carbocycles. The Hall–Kier alpha value is -1.60. The van der Waals surface area contributed by atoms with Crippen molar-refractivity contribution in [3.05, 3.63) is 29.3 Å². The topological polar surface area (TPSA) is 78.9 Å². The Bertz CT molecular complexity index is 528. The summed E-state index contributed by atoms with van der Waals surface area (Å²) < 4.78 is 6.95. The van der Waals surface area contributed by atoms with Gasteiger partial charge in [0.15, 0.2) is 0 Å². The van der Waals surface area contributed by atoms with E-state index in [1.54, 1.807) is 23.6 Å². The maximum atomic E-state index is 5.63. The number of rotatable bonds is 5. The van der Waals surface area contributed by atoms with Crippen LogP contribution in [0.3, 0.4) is 0 Å². The van der Waals surface area contributed by atoms with Crippen LogP contribution < -0.4 is 10.5 Å². The highest BCUT2D eigenvalue weighted by Crippen LogP contribution is 2.24. The molecule has 7 heteroatoms. The first-order chi connectivity index (χ1) is 8.74. The Balaban J connectivity index is 2.08. The van der Waals surface area contributed by atoms with Crippen molar-refractivity contribution in [2.75, 3.05) is 7.11 Å². The third-order valence-electron chi connectivity index (χ3n) is 2.52. The molecule has 2 N–H and O–H groups in total. The molecule has 0 atom stereocenters. The highest BCUT2D eigenvalue weighted by molar-refractivity contribution is 7.98. The van der Waals surface area contributed by atoms with Crippen LogP contribution in [0, 0.1) is 0 Å². The molecule has 96 valence electrons. The van der Waals surface area contributed by atoms with Gasteiger partial charge >= 0.3 is 0 Å². The molecular formula is C11H15N5OS. The third-order valence-corrected chi connectivity index (χ3v) is 3.60. The molecule has 0 aliphatic carbocycles. The van der Waals surface area contributed by atoms with Crippen LogP contribution in [-0.2, 0) is 19.3 Å². The predicted molar refractivity (Wildman–Crippen MR) is 69.2 cm³/mol. The van der Waals surface area contributed by atoms with Gasteiger partial charge in [0.05, 0.1) is 7.11 Å². The molecule has 0 aliphatic rings. The average molecular weight is 265 g/mol. The molecular weight excluding hydrogens is 250 g/mol. The van der Waals surface area contributed by atoms with E-state index in [2.05, 4.69) is 15.5 Å². The molecule has 0 spiro atoms. The number of aryl methyl sites for hydroxylation is 1. The van der Waals surface area contributed by atoms with Crippen LogP contribution >= 0.6 is 11.8 Å². The van der Waals surface area contributed by atoms with Crippen molar-refractivity contribution < 1.29 is 4.74 Å². The Morgan fingerprint density at radius 3 is 2.89 bits per heavy atom. The summed E-state index contributed by atoms with van der Waals surface area (Å²) >= 11 is 1.58. The SMILES string of the molecule is COc1cc(CSc2nnnn2C)ccc1CN. The number of thioether (sulfide) groups is 1. The number of hydrogen-bond donors (Lipinski definition) is 1. The van der Waals surface area contributed by atoms with Crippen LogP contribution in [0.5, 0.6) is 5.75 Å². The third kappa shape index (κ3) is 2.80. The molecule has 0 bridgehead atoms. The number of ether oxygens (including phenoxy) is 1. The molecule has 18 heavy (non-hydrogen) atoms. The van der Waals surface area contributed by atoms with Gasteiger partial charge in [-0.2, -0.15) is 0 Å². The lowest BCUT2D eigenvalue weighted by Crippen LogP contribution is -2.00. The summed E-state index contributed by atoms with van der Waals surface area (Å²) in [4.78, 5) is 0. The van der Waals surface area contributed by atoms with Crippen molar-refractivity contribution in [1.29, 1.82) is 0 Å². The van der Waals surface area contributed by atoms with Gasteiger partial charge in [-0.25, -0.2) is 4.68 Å². The standard InChI is InChI=1S/C11H15N5OS/c1-16-11(13-14-15-16)18-7-8-3-4-9(6-12)10(5-8)17-2/h3-5H,6-7,12H2,1-2H3. The van der Waals surface area contributed by atoms with Crippen LogP contribution in [0.4, 0.5) is 0 Å². The van der Waals surface area contributed by atoms with Gasteiger partial charge in [-0.3, -0.25) is 0 Å². The highest BCUT2D eigenvalue weighted by atomic mass is 32.2. The molecule has 0 radical (unpaired) electrons. The number of nitrogens with zero attached hydrogens (tertiary/aromatic N) is 4. The van der Waals surface area contributed by atoms with Crippen molar-refractivity contribution in [3.63, 3.8) is 0 Å². The van der Waals surface area contributed by atoms with E-state index in [9.17, 15) is 0 Å². The lowest BCUT2D eigenvalue weighted by atomic mass is 10.1. The highest BCUT2D eigenvalue weighted by Gasteiger charge is 2.06. The van der Waals surface area contributed by atoms with Crippen LogP contribution in [0.1, 0.15) is 11.1 Å². The molecule has 0 aliphatic heterocycles. The normalized spacial score (nSPS) is 10.6. The molecule has 0 unspecified atom stereocenters. The molecule has 2 aromatic rings. The fourth-order valence-electron chi connectivity index (χ4n) is 1.54. The number of aromatic nitrogens is 4. The second-order valence-electron chi connectivity index (χ2n) is 3.72. The van der Waals surface area contributed by atoms with Crippen LogP contribution in [0.15, 0.2) is 23.4 Å². The molecule has 2 rings (SSSR count).